The summed E-state index contributed by atoms with van der Waals surface area (Å²) in [7, 11) is -0.916. The van der Waals surface area contributed by atoms with E-state index in [1.165, 1.54) is 127 Å². The normalized spacial score (nSPS) is 12.0. The molecule has 0 fully saturated rings. The molecule has 0 aliphatic carbocycles. The molecule has 0 atom stereocenters. The average Bonchev–Trinajstić information content (AvgIpc) is 2.83. The standard InChI is InChI=1S/C28H60O4P/c29-21-13-5-1-9-17-25-33(26-18-10-2-6-14-22-30,27-19-11-3-7-15-23-31)28-20-12-4-8-16-24-32/h29-32H,1-28H2/q+1. The quantitative estimate of drug-likeness (QED) is 0.0719. The molecule has 0 amide bonds. The minimum atomic E-state index is -0.916. The van der Waals surface area contributed by atoms with Crippen molar-refractivity contribution in [1.82, 2.24) is 0 Å². The van der Waals surface area contributed by atoms with Crippen LogP contribution in [0.3, 0.4) is 0 Å². The van der Waals surface area contributed by atoms with Crippen molar-refractivity contribution in [3.05, 3.63) is 0 Å². The summed E-state index contributed by atoms with van der Waals surface area (Å²) in [6, 6.07) is 0. The molecule has 0 saturated carbocycles. The molecule has 0 heterocycles. The maximum absolute atomic E-state index is 9.04. The summed E-state index contributed by atoms with van der Waals surface area (Å²) >= 11 is 0. The monoisotopic (exact) mass is 491 g/mol. The van der Waals surface area contributed by atoms with Crippen molar-refractivity contribution in [2.45, 2.75) is 128 Å². The average molecular weight is 492 g/mol. The van der Waals surface area contributed by atoms with Crippen molar-refractivity contribution >= 4 is 7.26 Å². The predicted octanol–water partition coefficient (Wildman–Crippen LogP) is 6.78. The van der Waals surface area contributed by atoms with Gasteiger partial charge in [-0.1, -0.05) is 51.4 Å². The molecule has 0 radical (unpaired) electrons. The van der Waals surface area contributed by atoms with Gasteiger partial charge in [0.2, 0.25) is 0 Å². The Balaban J connectivity index is 4.74. The van der Waals surface area contributed by atoms with Crippen LogP contribution in [0, 0.1) is 0 Å². The molecule has 0 bridgehead atoms. The Morgan fingerprint density at radius 2 is 0.424 bits per heavy atom. The molecule has 0 rings (SSSR count). The smallest absolute Gasteiger partial charge is 0.0594 e. The molecule has 0 saturated heterocycles. The molecular weight excluding hydrogens is 431 g/mol. The Kier molecular flexibility index (Phi) is 27.1. The molecule has 0 unspecified atom stereocenters. The van der Waals surface area contributed by atoms with Crippen LogP contribution in [0.5, 0.6) is 0 Å². The van der Waals surface area contributed by atoms with Gasteiger partial charge in [-0.05, 0) is 77.0 Å². The number of hydrogen-bond donors (Lipinski definition) is 4. The zero-order valence-corrected chi connectivity index (χ0v) is 22.9. The summed E-state index contributed by atoms with van der Waals surface area (Å²) in [6.45, 7) is 1.33. The molecule has 4 N–H and O–H groups in total. The Morgan fingerprint density at radius 3 is 0.636 bits per heavy atom. The largest absolute Gasteiger partial charge is 0.396 e. The molecule has 0 spiro atoms. The van der Waals surface area contributed by atoms with Gasteiger partial charge in [0.25, 0.3) is 0 Å². The van der Waals surface area contributed by atoms with Gasteiger partial charge in [-0.25, -0.2) is 0 Å². The summed E-state index contributed by atoms with van der Waals surface area (Å²) in [5, 5.41) is 36.2. The fraction of sp³-hybridized carbons (Fsp3) is 1.00. The van der Waals surface area contributed by atoms with E-state index in [0.717, 1.165) is 25.7 Å². The fourth-order valence-corrected chi connectivity index (χ4v) is 9.95. The van der Waals surface area contributed by atoms with Gasteiger partial charge in [-0.3, -0.25) is 0 Å². The van der Waals surface area contributed by atoms with Gasteiger partial charge < -0.3 is 20.4 Å². The van der Waals surface area contributed by atoms with Crippen molar-refractivity contribution in [2.75, 3.05) is 51.1 Å². The lowest BCUT2D eigenvalue weighted by molar-refractivity contribution is 0.282. The summed E-state index contributed by atoms with van der Waals surface area (Å²) in [4.78, 5) is 0. The minimum Gasteiger partial charge on any atom is -0.396 e. The molecule has 33 heavy (non-hydrogen) atoms. The second kappa shape index (κ2) is 26.9. The first kappa shape index (κ1) is 33.3. The van der Waals surface area contributed by atoms with Crippen LogP contribution in [0.25, 0.3) is 0 Å². The van der Waals surface area contributed by atoms with Gasteiger partial charge >= 0.3 is 0 Å². The lowest BCUT2D eigenvalue weighted by Gasteiger charge is -2.28. The number of hydrogen-bond acceptors (Lipinski definition) is 4. The second-order valence-electron chi connectivity index (χ2n) is 10.2. The highest BCUT2D eigenvalue weighted by Crippen LogP contribution is 2.61. The minimum absolute atomic E-state index is 0.333. The molecule has 4 nitrogen and oxygen atoms in total. The lowest BCUT2D eigenvalue weighted by Crippen LogP contribution is -2.13. The zero-order valence-electron chi connectivity index (χ0n) is 22.0. The summed E-state index contributed by atoms with van der Waals surface area (Å²) in [5.74, 6) is 0. The van der Waals surface area contributed by atoms with Crippen LogP contribution in [-0.2, 0) is 0 Å². The summed E-state index contributed by atoms with van der Waals surface area (Å²) in [5.41, 5.74) is 0. The molecule has 0 aromatic rings. The van der Waals surface area contributed by atoms with Crippen molar-refractivity contribution in [1.29, 1.82) is 0 Å². The van der Waals surface area contributed by atoms with Crippen LogP contribution in [0.15, 0.2) is 0 Å². The Labute approximate surface area is 207 Å². The molecular formula is C28H60O4P+. The fourth-order valence-electron chi connectivity index (χ4n) is 5.03. The van der Waals surface area contributed by atoms with Gasteiger partial charge in [0.1, 0.15) is 0 Å². The van der Waals surface area contributed by atoms with Crippen LogP contribution in [-0.4, -0.2) is 71.5 Å². The molecule has 0 aromatic heterocycles. The number of aliphatic hydroxyl groups is 4. The van der Waals surface area contributed by atoms with Crippen molar-refractivity contribution < 1.29 is 20.4 Å². The van der Waals surface area contributed by atoms with Crippen LogP contribution in [0.2, 0.25) is 0 Å². The van der Waals surface area contributed by atoms with E-state index in [9.17, 15) is 0 Å². The van der Waals surface area contributed by atoms with E-state index < -0.39 is 7.26 Å². The van der Waals surface area contributed by atoms with E-state index in [1.807, 2.05) is 0 Å². The Hall–Kier alpha value is 0.270. The number of aliphatic hydroxyl groups excluding tert-OH is 4. The van der Waals surface area contributed by atoms with Crippen molar-refractivity contribution in [3.63, 3.8) is 0 Å². The molecule has 0 aliphatic rings. The number of rotatable bonds is 28. The van der Waals surface area contributed by atoms with E-state index >= 15 is 0 Å². The van der Waals surface area contributed by atoms with Crippen molar-refractivity contribution in [2.24, 2.45) is 0 Å². The number of unbranched alkanes of at least 4 members (excludes halogenated alkanes) is 16. The third-order valence-corrected chi connectivity index (χ3v) is 12.2. The van der Waals surface area contributed by atoms with Crippen LogP contribution in [0.4, 0.5) is 0 Å². The van der Waals surface area contributed by atoms with Crippen LogP contribution >= 0.6 is 7.26 Å². The Morgan fingerprint density at radius 1 is 0.242 bits per heavy atom. The van der Waals surface area contributed by atoms with E-state index in [1.54, 1.807) is 0 Å². The van der Waals surface area contributed by atoms with Gasteiger partial charge in [-0.15, -0.1) is 0 Å². The topological polar surface area (TPSA) is 80.9 Å². The summed E-state index contributed by atoms with van der Waals surface area (Å²) < 4.78 is 0. The van der Waals surface area contributed by atoms with Gasteiger partial charge in [0, 0.05) is 33.7 Å². The maximum Gasteiger partial charge on any atom is 0.0594 e. The van der Waals surface area contributed by atoms with Crippen LogP contribution in [0.1, 0.15) is 128 Å². The SMILES string of the molecule is OCCCCCCC[P+](CCCCCCCO)(CCCCCCCO)CCCCCCCO. The van der Waals surface area contributed by atoms with E-state index in [4.69, 9.17) is 20.4 Å². The maximum atomic E-state index is 9.04. The third kappa shape index (κ3) is 22.5. The summed E-state index contributed by atoms with van der Waals surface area (Å²) in [6.07, 6.45) is 30.2. The van der Waals surface area contributed by atoms with E-state index in [0.29, 0.717) is 26.4 Å². The second-order valence-corrected chi connectivity index (χ2v) is 14.7. The molecule has 0 aromatic carbocycles. The first-order valence-corrected chi connectivity index (χ1v) is 17.1. The van der Waals surface area contributed by atoms with E-state index in [-0.39, 0.29) is 0 Å². The van der Waals surface area contributed by atoms with Gasteiger partial charge in [0.15, 0.2) is 0 Å². The highest BCUT2D eigenvalue weighted by molar-refractivity contribution is 7.75. The van der Waals surface area contributed by atoms with E-state index in [2.05, 4.69) is 0 Å². The molecule has 200 valence electrons. The van der Waals surface area contributed by atoms with Gasteiger partial charge in [-0.2, -0.15) is 0 Å². The van der Waals surface area contributed by atoms with Crippen LogP contribution < -0.4 is 0 Å². The highest BCUT2D eigenvalue weighted by atomic mass is 31.2. The van der Waals surface area contributed by atoms with Crippen molar-refractivity contribution in [3.8, 4) is 0 Å². The third-order valence-electron chi connectivity index (χ3n) is 7.16. The zero-order chi connectivity index (χ0) is 24.3. The Bertz CT molecular complexity index is 298. The first-order chi connectivity index (χ1) is 16.2. The predicted molar refractivity (Wildman–Crippen MR) is 147 cm³/mol. The van der Waals surface area contributed by atoms with Gasteiger partial charge in [0.05, 0.1) is 24.6 Å². The lowest BCUT2D eigenvalue weighted by atomic mass is 10.1. The molecule has 5 heteroatoms. The first-order valence-electron chi connectivity index (χ1n) is 14.5. The molecule has 0 aliphatic heterocycles. The highest BCUT2D eigenvalue weighted by Gasteiger charge is 2.34.